The Morgan fingerprint density at radius 1 is 1.29 bits per heavy atom. The van der Waals surface area contributed by atoms with Gasteiger partial charge in [0.25, 0.3) is 0 Å². The molecule has 1 atom stereocenters. The van der Waals surface area contributed by atoms with Crippen molar-refractivity contribution in [2.24, 2.45) is 5.92 Å². The van der Waals surface area contributed by atoms with Gasteiger partial charge in [-0.1, -0.05) is 34.8 Å². The van der Waals surface area contributed by atoms with Crippen LogP contribution in [0.25, 0.3) is 0 Å². The lowest BCUT2D eigenvalue weighted by molar-refractivity contribution is 0.543. The minimum atomic E-state index is -0.451. The zero-order valence-corrected chi connectivity index (χ0v) is 9.23. The molecule has 0 bridgehead atoms. The molecule has 0 heterocycles. The van der Waals surface area contributed by atoms with Crippen LogP contribution in [0.5, 0.6) is 0 Å². The maximum absolute atomic E-state index is 13.3. The normalized spacial score (nSPS) is 18.2. The van der Waals surface area contributed by atoms with Gasteiger partial charge in [0.1, 0.15) is 11.6 Å². The fourth-order valence-electron chi connectivity index (χ4n) is 1.57. The predicted octanol–water partition coefficient (Wildman–Crippen LogP) is 4.20. The van der Waals surface area contributed by atoms with E-state index in [2.05, 4.69) is 15.9 Å². The molecule has 0 radical (unpaired) electrons. The minimum absolute atomic E-state index is 0.180. The zero-order chi connectivity index (χ0) is 10.1. The van der Waals surface area contributed by atoms with Crippen molar-refractivity contribution in [3.63, 3.8) is 0 Å². The molecule has 1 fully saturated rings. The number of halogens is 3. The first kappa shape index (κ1) is 10.1. The van der Waals surface area contributed by atoms with Crippen molar-refractivity contribution in [3.8, 4) is 0 Å². The monoisotopic (exact) mass is 260 g/mol. The van der Waals surface area contributed by atoms with E-state index < -0.39 is 11.6 Å². The SMILES string of the molecule is Fc1cccc(F)c1C(Br)CC1CC1. The molecule has 0 amide bonds. The van der Waals surface area contributed by atoms with Crippen molar-refractivity contribution in [2.45, 2.75) is 24.1 Å². The summed E-state index contributed by atoms with van der Waals surface area (Å²) in [6.45, 7) is 0. The van der Waals surface area contributed by atoms with E-state index in [-0.39, 0.29) is 10.4 Å². The molecule has 14 heavy (non-hydrogen) atoms. The van der Waals surface area contributed by atoms with E-state index in [0.717, 1.165) is 6.42 Å². The highest BCUT2D eigenvalue weighted by molar-refractivity contribution is 9.09. The average Bonchev–Trinajstić information content (AvgIpc) is 2.87. The van der Waals surface area contributed by atoms with Crippen LogP contribution in [0.1, 0.15) is 29.7 Å². The first-order valence-corrected chi connectivity index (χ1v) is 5.68. The van der Waals surface area contributed by atoms with Crippen LogP contribution in [0, 0.1) is 17.6 Å². The van der Waals surface area contributed by atoms with E-state index in [0.29, 0.717) is 5.92 Å². The fraction of sp³-hybridized carbons (Fsp3) is 0.455. The molecule has 76 valence electrons. The number of benzene rings is 1. The summed E-state index contributed by atoms with van der Waals surface area (Å²) in [7, 11) is 0. The van der Waals surface area contributed by atoms with Gasteiger partial charge >= 0.3 is 0 Å². The Labute approximate surface area is 90.4 Å². The molecule has 0 saturated heterocycles. The van der Waals surface area contributed by atoms with Crippen LogP contribution in [-0.2, 0) is 0 Å². The van der Waals surface area contributed by atoms with E-state index >= 15 is 0 Å². The first-order valence-electron chi connectivity index (χ1n) is 4.76. The van der Waals surface area contributed by atoms with Gasteiger partial charge in [0.05, 0.1) is 0 Å². The molecule has 0 nitrogen and oxygen atoms in total. The Morgan fingerprint density at radius 2 is 1.86 bits per heavy atom. The highest BCUT2D eigenvalue weighted by atomic mass is 79.9. The summed E-state index contributed by atoms with van der Waals surface area (Å²) in [4.78, 5) is -0.184. The largest absolute Gasteiger partial charge is 0.207 e. The summed E-state index contributed by atoms with van der Waals surface area (Å²) >= 11 is 3.35. The van der Waals surface area contributed by atoms with Crippen molar-refractivity contribution >= 4 is 15.9 Å². The molecule has 1 aromatic rings. The molecule has 0 aromatic heterocycles. The summed E-state index contributed by atoms with van der Waals surface area (Å²) in [5, 5.41) is 0. The van der Waals surface area contributed by atoms with Gasteiger partial charge < -0.3 is 0 Å². The molecule has 0 aliphatic heterocycles. The molecule has 1 aliphatic carbocycles. The van der Waals surface area contributed by atoms with Crippen molar-refractivity contribution in [3.05, 3.63) is 35.4 Å². The second-order valence-electron chi connectivity index (χ2n) is 3.78. The average molecular weight is 261 g/mol. The molecule has 3 heteroatoms. The third-order valence-electron chi connectivity index (χ3n) is 2.55. The second kappa shape index (κ2) is 3.97. The number of alkyl halides is 1. The van der Waals surface area contributed by atoms with Crippen molar-refractivity contribution in [1.82, 2.24) is 0 Å². The van der Waals surface area contributed by atoms with Gasteiger partial charge in [-0.05, 0) is 24.5 Å². The van der Waals surface area contributed by atoms with Crippen LogP contribution >= 0.6 is 15.9 Å². The summed E-state index contributed by atoms with van der Waals surface area (Å²) in [5.74, 6) is -0.251. The highest BCUT2D eigenvalue weighted by Crippen LogP contribution is 2.42. The Bertz CT molecular complexity index is 314. The van der Waals surface area contributed by atoms with Crippen LogP contribution in [0.3, 0.4) is 0 Å². The molecule has 1 unspecified atom stereocenters. The van der Waals surface area contributed by atoms with Gasteiger partial charge in [-0.25, -0.2) is 8.78 Å². The van der Waals surface area contributed by atoms with Gasteiger partial charge in [-0.3, -0.25) is 0 Å². The topological polar surface area (TPSA) is 0 Å². The quantitative estimate of drug-likeness (QED) is 0.715. The smallest absolute Gasteiger partial charge is 0.130 e. The van der Waals surface area contributed by atoms with Crippen molar-refractivity contribution < 1.29 is 8.78 Å². The van der Waals surface area contributed by atoms with Crippen LogP contribution in [0.15, 0.2) is 18.2 Å². The first-order chi connectivity index (χ1) is 6.68. The summed E-state index contributed by atoms with van der Waals surface area (Å²) in [5.41, 5.74) is 0.180. The second-order valence-corrected chi connectivity index (χ2v) is 4.89. The number of hydrogen-bond acceptors (Lipinski definition) is 0. The lowest BCUT2D eigenvalue weighted by atomic mass is 10.1. The van der Waals surface area contributed by atoms with E-state index in [1.165, 1.54) is 31.0 Å². The number of rotatable bonds is 3. The summed E-state index contributed by atoms with van der Waals surface area (Å²) < 4.78 is 26.6. The molecule has 1 saturated carbocycles. The van der Waals surface area contributed by atoms with Crippen LogP contribution in [-0.4, -0.2) is 0 Å². The zero-order valence-electron chi connectivity index (χ0n) is 7.64. The van der Waals surface area contributed by atoms with E-state index in [9.17, 15) is 8.78 Å². The molecule has 2 rings (SSSR count). The molecular formula is C11H11BrF2. The number of hydrogen-bond donors (Lipinski definition) is 0. The van der Waals surface area contributed by atoms with Crippen LogP contribution in [0.4, 0.5) is 8.78 Å². The molecule has 1 aliphatic rings. The van der Waals surface area contributed by atoms with Crippen molar-refractivity contribution in [2.75, 3.05) is 0 Å². The predicted molar refractivity (Wildman–Crippen MR) is 55.4 cm³/mol. The molecular weight excluding hydrogens is 250 g/mol. The van der Waals surface area contributed by atoms with Crippen LogP contribution in [0.2, 0.25) is 0 Å². The van der Waals surface area contributed by atoms with Crippen molar-refractivity contribution in [1.29, 1.82) is 0 Å². The lowest BCUT2D eigenvalue weighted by Gasteiger charge is -2.11. The van der Waals surface area contributed by atoms with Gasteiger partial charge in [0.2, 0.25) is 0 Å². The van der Waals surface area contributed by atoms with E-state index in [4.69, 9.17) is 0 Å². The summed E-state index contributed by atoms with van der Waals surface area (Å²) in [6, 6.07) is 4.00. The third kappa shape index (κ3) is 2.14. The maximum Gasteiger partial charge on any atom is 0.130 e. The highest BCUT2D eigenvalue weighted by Gasteiger charge is 2.27. The lowest BCUT2D eigenvalue weighted by Crippen LogP contribution is -1.99. The Kier molecular flexibility index (Phi) is 2.86. The fourth-order valence-corrected chi connectivity index (χ4v) is 2.54. The molecule has 0 N–H and O–H groups in total. The van der Waals surface area contributed by atoms with Crippen LogP contribution < -0.4 is 0 Å². The van der Waals surface area contributed by atoms with Gasteiger partial charge in [0.15, 0.2) is 0 Å². The Morgan fingerprint density at radius 3 is 2.36 bits per heavy atom. The van der Waals surface area contributed by atoms with Gasteiger partial charge in [0, 0.05) is 10.4 Å². The Hall–Kier alpha value is -0.440. The molecule has 1 aromatic carbocycles. The molecule has 0 spiro atoms. The Balaban J connectivity index is 2.19. The van der Waals surface area contributed by atoms with E-state index in [1.54, 1.807) is 0 Å². The minimum Gasteiger partial charge on any atom is -0.207 e. The van der Waals surface area contributed by atoms with Gasteiger partial charge in [-0.2, -0.15) is 0 Å². The van der Waals surface area contributed by atoms with Gasteiger partial charge in [-0.15, -0.1) is 0 Å². The maximum atomic E-state index is 13.3. The standard InChI is InChI=1S/C11H11BrF2/c12-8(6-7-4-5-7)11-9(13)2-1-3-10(11)14/h1-3,7-8H,4-6H2. The van der Waals surface area contributed by atoms with E-state index in [1.807, 2.05) is 0 Å². The summed E-state index contributed by atoms with van der Waals surface area (Å²) in [6.07, 6.45) is 3.22. The third-order valence-corrected chi connectivity index (χ3v) is 3.38.